The third-order valence-electron chi connectivity index (χ3n) is 4.01. The SMILES string of the molecule is CCC1=NN(CN2CCCOC2)C(C)(CC)C1. The van der Waals surface area contributed by atoms with Crippen LogP contribution < -0.4 is 0 Å². The zero-order valence-corrected chi connectivity index (χ0v) is 11.4. The van der Waals surface area contributed by atoms with Crippen molar-refractivity contribution in [2.75, 3.05) is 26.6 Å². The minimum absolute atomic E-state index is 0.211. The summed E-state index contributed by atoms with van der Waals surface area (Å²) in [5, 5.41) is 7.06. The summed E-state index contributed by atoms with van der Waals surface area (Å²) < 4.78 is 5.50. The van der Waals surface area contributed by atoms with Gasteiger partial charge in [0.1, 0.15) is 6.73 Å². The minimum Gasteiger partial charge on any atom is -0.366 e. The van der Waals surface area contributed by atoms with Crippen molar-refractivity contribution in [3.8, 4) is 0 Å². The second-order valence-corrected chi connectivity index (χ2v) is 5.37. The molecule has 1 unspecified atom stereocenters. The molecule has 4 nitrogen and oxygen atoms in total. The van der Waals surface area contributed by atoms with Gasteiger partial charge in [0.25, 0.3) is 0 Å². The van der Waals surface area contributed by atoms with Gasteiger partial charge in [-0.3, -0.25) is 9.91 Å². The zero-order valence-electron chi connectivity index (χ0n) is 11.4. The Bertz CT molecular complexity index is 286. The van der Waals surface area contributed by atoms with E-state index >= 15 is 0 Å². The van der Waals surface area contributed by atoms with E-state index in [0.29, 0.717) is 0 Å². The lowest BCUT2D eigenvalue weighted by Crippen LogP contribution is -2.47. The predicted molar refractivity (Wildman–Crippen MR) is 69.9 cm³/mol. The lowest BCUT2D eigenvalue weighted by atomic mass is 9.92. The van der Waals surface area contributed by atoms with Gasteiger partial charge in [-0.25, -0.2) is 0 Å². The van der Waals surface area contributed by atoms with Crippen LogP contribution in [0.1, 0.15) is 46.5 Å². The molecule has 2 heterocycles. The highest BCUT2D eigenvalue weighted by molar-refractivity contribution is 5.86. The Balaban J connectivity index is 1.98. The summed E-state index contributed by atoms with van der Waals surface area (Å²) in [4.78, 5) is 2.35. The monoisotopic (exact) mass is 239 g/mol. The van der Waals surface area contributed by atoms with E-state index < -0.39 is 0 Å². The third-order valence-corrected chi connectivity index (χ3v) is 4.01. The van der Waals surface area contributed by atoms with E-state index in [1.165, 1.54) is 5.71 Å². The van der Waals surface area contributed by atoms with E-state index in [-0.39, 0.29) is 5.54 Å². The molecule has 0 aliphatic carbocycles. The molecule has 2 rings (SSSR count). The van der Waals surface area contributed by atoms with E-state index in [2.05, 4.69) is 30.7 Å². The molecular formula is C13H25N3O. The number of hydrogen-bond donors (Lipinski definition) is 0. The van der Waals surface area contributed by atoms with Crippen LogP contribution in [0.25, 0.3) is 0 Å². The smallest absolute Gasteiger partial charge is 0.100 e. The van der Waals surface area contributed by atoms with E-state index in [0.717, 1.165) is 52.2 Å². The molecular weight excluding hydrogens is 214 g/mol. The van der Waals surface area contributed by atoms with Crippen molar-refractivity contribution in [1.82, 2.24) is 9.91 Å². The summed E-state index contributed by atoms with van der Waals surface area (Å²) in [5.74, 6) is 0. The molecule has 98 valence electrons. The molecule has 0 saturated carbocycles. The Labute approximate surface area is 105 Å². The van der Waals surface area contributed by atoms with Crippen LogP contribution in [0.3, 0.4) is 0 Å². The Hall–Kier alpha value is -0.610. The van der Waals surface area contributed by atoms with Crippen molar-refractivity contribution >= 4 is 5.71 Å². The summed E-state index contributed by atoms with van der Waals surface area (Å²) in [5.41, 5.74) is 1.55. The molecule has 4 heteroatoms. The normalized spacial score (nSPS) is 30.8. The summed E-state index contributed by atoms with van der Waals surface area (Å²) in [7, 11) is 0. The number of ether oxygens (including phenoxy) is 1. The lowest BCUT2D eigenvalue weighted by Gasteiger charge is -2.38. The fourth-order valence-corrected chi connectivity index (χ4v) is 2.51. The Morgan fingerprint density at radius 1 is 1.41 bits per heavy atom. The lowest BCUT2D eigenvalue weighted by molar-refractivity contribution is -0.0551. The number of hydrazone groups is 1. The predicted octanol–water partition coefficient (Wildman–Crippen LogP) is 2.26. The molecule has 2 aliphatic heterocycles. The molecule has 0 aromatic heterocycles. The zero-order chi connectivity index (χ0) is 12.3. The average molecular weight is 239 g/mol. The first kappa shape index (κ1) is 12.8. The van der Waals surface area contributed by atoms with E-state index in [1.807, 2.05) is 0 Å². The van der Waals surface area contributed by atoms with Crippen LogP contribution in [-0.4, -0.2) is 47.7 Å². The minimum atomic E-state index is 0.211. The number of rotatable bonds is 4. The van der Waals surface area contributed by atoms with Crippen molar-refractivity contribution in [3.63, 3.8) is 0 Å². The van der Waals surface area contributed by atoms with Crippen LogP contribution >= 0.6 is 0 Å². The molecule has 0 aromatic carbocycles. The summed E-state index contributed by atoms with van der Waals surface area (Å²) in [6.07, 6.45) is 4.48. The molecule has 1 atom stereocenters. The maximum Gasteiger partial charge on any atom is 0.100 e. The molecule has 0 N–H and O–H groups in total. The van der Waals surface area contributed by atoms with Crippen molar-refractivity contribution < 1.29 is 4.74 Å². The fourth-order valence-electron chi connectivity index (χ4n) is 2.51. The van der Waals surface area contributed by atoms with Gasteiger partial charge in [0.05, 0.1) is 12.2 Å². The van der Waals surface area contributed by atoms with Crippen LogP contribution in [0.4, 0.5) is 0 Å². The van der Waals surface area contributed by atoms with Crippen LogP contribution in [0.15, 0.2) is 5.10 Å². The first-order valence-electron chi connectivity index (χ1n) is 6.82. The second kappa shape index (κ2) is 5.36. The van der Waals surface area contributed by atoms with Crippen molar-refractivity contribution in [2.45, 2.75) is 52.0 Å². The first-order valence-corrected chi connectivity index (χ1v) is 6.82. The molecule has 0 spiro atoms. The van der Waals surface area contributed by atoms with Crippen molar-refractivity contribution in [2.24, 2.45) is 5.10 Å². The van der Waals surface area contributed by atoms with Gasteiger partial charge in [0.15, 0.2) is 0 Å². The van der Waals surface area contributed by atoms with Crippen LogP contribution in [0.2, 0.25) is 0 Å². The molecule has 1 fully saturated rings. The third kappa shape index (κ3) is 2.80. The van der Waals surface area contributed by atoms with E-state index in [1.54, 1.807) is 0 Å². The van der Waals surface area contributed by atoms with Gasteiger partial charge in [-0.2, -0.15) is 5.10 Å². The van der Waals surface area contributed by atoms with E-state index in [9.17, 15) is 0 Å². The highest BCUT2D eigenvalue weighted by atomic mass is 16.5. The highest BCUT2D eigenvalue weighted by Gasteiger charge is 2.36. The maximum absolute atomic E-state index is 5.50. The van der Waals surface area contributed by atoms with Crippen molar-refractivity contribution in [1.29, 1.82) is 0 Å². The topological polar surface area (TPSA) is 28.1 Å². The van der Waals surface area contributed by atoms with E-state index in [4.69, 9.17) is 9.84 Å². The quantitative estimate of drug-likeness (QED) is 0.753. The van der Waals surface area contributed by atoms with Gasteiger partial charge in [-0.15, -0.1) is 0 Å². The average Bonchev–Trinajstić information content (AvgIpc) is 2.68. The summed E-state index contributed by atoms with van der Waals surface area (Å²) >= 11 is 0. The highest BCUT2D eigenvalue weighted by Crippen LogP contribution is 2.31. The van der Waals surface area contributed by atoms with Crippen LogP contribution in [0, 0.1) is 0 Å². The van der Waals surface area contributed by atoms with Gasteiger partial charge in [-0.05, 0) is 26.2 Å². The number of nitrogens with zero attached hydrogens (tertiary/aromatic N) is 3. The maximum atomic E-state index is 5.50. The van der Waals surface area contributed by atoms with Gasteiger partial charge < -0.3 is 4.74 Å². The van der Waals surface area contributed by atoms with Crippen molar-refractivity contribution in [3.05, 3.63) is 0 Å². The largest absolute Gasteiger partial charge is 0.366 e. The number of hydrogen-bond acceptors (Lipinski definition) is 4. The molecule has 0 bridgehead atoms. The molecule has 17 heavy (non-hydrogen) atoms. The molecule has 0 radical (unpaired) electrons. The molecule has 1 saturated heterocycles. The first-order chi connectivity index (χ1) is 8.18. The van der Waals surface area contributed by atoms with Gasteiger partial charge >= 0.3 is 0 Å². The van der Waals surface area contributed by atoms with Gasteiger partial charge in [-0.1, -0.05) is 13.8 Å². The molecule has 0 amide bonds. The molecule has 2 aliphatic rings. The van der Waals surface area contributed by atoms with Gasteiger partial charge in [0, 0.05) is 25.3 Å². The summed E-state index contributed by atoms with van der Waals surface area (Å²) in [6, 6.07) is 0. The molecule has 0 aromatic rings. The second-order valence-electron chi connectivity index (χ2n) is 5.37. The van der Waals surface area contributed by atoms with Crippen LogP contribution in [0.5, 0.6) is 0 Å². The summed E-state index contributed by atoms with van der Waals surface area (Å²) in [6.45, 7) is 10.5. The standard InChI is InChI=1S/C13H25N3O/c1-4-12-9-13(3,5-2)16(14-12)10-15-7-6-8-17-11-15/h4-11H2,1-3H3. The van der Waals surface area contributed by atoms with Crippen LogP contribution in [-0.2, 0) is 4.74 Å². The van der Waals surface area contributed by atoms with Gasteiger partial charge in [0.2, 0.25) is 0 Å². The Kier molecular flexibility index (Phi) is 4.05. The Morgan fingerprint density at radius 3 is 2.82 bits per heavy atom. The Morgan fingerprint density at radius 2 is 2.24 bits per heavy atom. The fraction of sp³-hybridized carbons (Fsp3) is 0.923.